The number of Topliss-reactive ketones (excluding diaryl/α,β-unsaturated/α-hetero) is 1. The molecule has 0 fully saturated rings. The summed E-state index contributed by atoms with van der Waals surface area (Å²) in [6.45, 7) is 8.01. The highest BCUT2D eigenvalue weighted by Crippen LogP contribution is 2.19. The Morgan fingerprint density at radius 3 is 2.28 bits per heavy atom. The van der Waals surface area contributed by atoms with Gasteiger partial charge in [-0.3, -0.25) is 4.79 Å². The van der Waals surface area contributed by atoms with E-state index in [9.17, 15) is 4.79 Å². The molecule has 0 bridgehead atoms. The van der Waals surface area contributed by atoms with E-state index in [1.807, 2.05) is 51.1 Å². The van der Waals surface area contributed by atoms with Crippen molar-refractivity contribution in [3.05, 3.63) is 30.3 Å². The number of rotatable bonds is 7. The molecule has 0 amide bonds. The molecule has 1 aromatic rings. The van der Waals surface area contributed by atoms with Gasteiger partial charge in [-0.2, -0.15) is 0 Å². The lowest BCUT2D eigenvalue weighted by Gasteiger charge is -2.21. The molecule has 0 radical (unpaired) electrons. The Morgan fingerprint density at radius 2 is 1.78 bits per heavy atom. The summed E-state index contributed by atoms with van der Waals surface area (Å²) < 4.78 is 5.91. The maximum Gasteiger partial charge on any atom is 0.138 e. The second-order valence-corrected chi connectivity index (χ2v) is 5.15. The van der Waals surface area contributed by atoms with Gasteiger partial charge in [-0.05, 0) is 25.0 Å². The van der Waals surface area contributed by atoms with Crippen molar-refractivity contribution in [1.29, 1.82) is 0 Å². The van der Waals surface area contributed by atoms with E-state index in [0.717, 1.165) is 18.6 Å². The number of benzene rings is 1. The third-order valence-corrected chi connectivity index (χ3v) is 3.17. The molecular formula is C16H24O2. The Kier molecular flexibility index (Phi) is 5.90. The van der Waals surface area contributed by atoms with E-state index in [4.69, 9.17) is 4.74 Å². The summed E-state index contributed by atoms with van der Waals surface area (Å²) in [5.74, 6) is 1.38. The standard InChI is InChI=1S/C16H24O2/c1-5-14(11-13(4)16(17)12(2)3)18-15-9-7-6-8-10-15/h6-10,12-14H,5,11H2,1-4H3/t13-,14+/m0/s1. The Morgan fingerprint density at radius 1 is 1.17 bits per heavy atom. The molecule has 1 rings (SSSR count). The number of carbonyl (C=O) groups excluding carboxylic acids is 1. The second-order valence-electron chi connectivity index (χ2n) is 5.15. The van der Waals surface area contributed by atoms with Gasteiger partial charge in [-0.15, -0.1) is 0 Å². The second kappa shape index (κ2) is 7.20. The van der Waals surface area contributed by atoms with Gasteiger partial charge in [0.2, 0.25) is 0 Å². The van der Waals surface area contributed by atoms with Crippen molar-refractivity contribution >= 4 is 5.78 Å². The van der Waals surface area contributed by atoms with Gasteiger partial charge in [0.05, 0.1) is 6.10 Å². The number of hydrogen-bond acceptors (Lipinski definition) is 2. The minimum Gasteiger partial charge on any atom is -0.490 e. The summed E-state index contributed by atoms with van der Waals surface area (Å²) in [5.41, 5.74) is 0. The lowest BCUT2D eigenvalue weighted by Crippen LogP contribution is -2.25. The Bertz CT molecular complexity index is 357. The smallest absolute Gasteiger partial charge is 0.138 e. The van der Waals surface area contributed by atoms with E-state index in [0.29, 0.717) is 5.78 Å². The SMILES string of the molecule is CC[C@H](C[C@H](C)C(=O)C(C)C)Oc1ccccc1. The summed E-state index contributed by atoms with van der Waals surface area (Å²) in [6.07, 6.45) is 1.83. The normalized spacial score (nSPS) is 14.3. The van der Waals surface area contributed by atoms with Crippen LogP contribution in [0.3, 0.4) is 0 Å². The lowest BCUT2D eigenvalue weighted by atomic mass is 9.91. The number of carbonyl (C=O) groups is 1. The van der Waals surface area contributed by atoms with Gasteiger partial charge in [0, 0.05) is 11.8 Å². The van der Waals surface area contributed by atoms with Gasteiger partial charge in [-0.1, -0.05) is 45.9 Å². The van der Waals surface area contributed by atoms with Crippen molar-refractivity contribution in [2.24, 2.45) is 11.8 Å². The van der Waals surface area contributed by atoms with Crippen molar-refractivity contribution in [3.63, 3.8) is 0 Å². The molecule has 0 aliphatic rings. The maximum absolute atomic E-state index is 11.9. The van der Waals surface area contributed by atoms with Gasteiger partial charge < -0.3 is 4.74 Å². The molecule has 0 aliphatic carbocycles. The average Bonchev–Trinajstić information content (AvgIpc) is 2.37. The van der Waals surface area contributed by atoms with Crippen LogP contribution in [0.5, 0.6) is 5.75 Å². The molecule has 0 spiro atoms. The Balaban J connectivity index is 2.55. The van der Waals surface area contributed by atoms with Crippen LogP contribution in [0, 0.1) is 11.8 Å². The number of ether oxygens (including phenoxy) is 1. The Labute approximate surface area is 110 Å². The quantitative estimate of drug-likeness (QED) is 0.726. The van der Waals surface area contributed by atoms with E-state index in [-0.39, 0.29) is 17.9 Å². The predicted molar refractivity (Wildman–Crippen MR) is 74.8 cm³/mol. The largest absolute Gasteiger partial charge is 0.490 e. The van der Waals surface area contributed by atoms with E-state index >= 15 is 0 Å². The fourth-order valence-electron chi connectivity index (χ4n) is 2.07. The van der Waals surface area contributed by atoms with E-state index in [1.54, 1.807) is 0 Å². The lowest BCUT2D eigenvalue weighted by molar-refractivity contribution is -0.126. The van der Waals surface area contributed by atoms with E-state index in [2.05, 4.69) is 6.92 Å². The highest BCUT2D eigenvalue weighted by molar-refractivity contribution is 5.82. The van der Waals surface area contributed by atoms with Crippen LogP contribution in [-0.2, 0) is 4.79 Å². The molecule has 0 saturated heterocycles. The van der Waals surface area contributed by atoms with Crippen LogP contribution in [0.15, 0.2) is 30.3 Å². The molecule has 0 heterocycles. The summed E-state index contributed by atoms with van der Waals surface area (Å²) in [5, 5.41) is 0. The summed E-state index contributed by atoms with van der Waals surface area (Å²) in [4.78, 5) is 11.9. The number of ketones is 1. The average molecular weight is 248 g/mol. The molecule has 2 atom stereocenters. The molecule has 100 valence electrons. The van der Waals surface area contributed by atoms with Crippen molar-refractivity contribution in [1.82, 2.24) is 0 Å². The van der Waals surface area contributed by atoms with Gasteiger partial charge in [-0.25, -0.2) is 0 Å². The van der Waals surface area contributed by atoms with Crippen LogP contribution in [0.25, 0.3) is 0 Å². The third kappa shape index (κ3) is 4.52. The molecule has 0 aromatic heterocycles. The highest BCUT2D eigenvalue weighted by atomic mass is 16.5. The Hall–Kier alpha value is -1.31. The molecule has 1 aromatic carbocycles. The molecule has 2 nitrogen and oxygen atoms in total. The molecule has 0 aliphatic heterocycles. The monoisotopic (exact) mass is 248 g/mol. The van der Waals surface area contributed by atoms with Gasteiger partial charge in [0.15, 0.2) is 0 Å². The van der Waals surface area contributed by atoms with Gasteiger partial charge in [0.1, 0.15) is 11.5 Å². The van der Waals surface area contributed by atoms with Crippen LogP contribution in [0.4, 0.5) is 0 Å². The zero-order valence-corrected chi connectivity index (χ0v) is 11.8. The van der Waals surface area contributed by atoms with Gasteiger partial charge in [0.25, 0.3) is 0 Å². The first-order valence-corrected chi connectivity index (χ1v) is 6.80. The van der Waals surface area contributed by atoms with Crippen LogP contribution in [0.1, 0.15) is 40.5 Å². The summed E-state index contributed by atoms with van der Waals surface area (Å²) in [7, 11) is 0. The van der Waals surface area contributed by atoms with Gasteiger partial charge >= 0.3 is 0 Å². The molecule has 0 N–H and O–H groups in total. The molecule has 0 saturated carbocycles. The van der Waals surface area contributed by atoms with Crippen molar-refractivity contribution < 1.29 is 9.53 Å². The summed E-state index contributed by atoms with van der Waals surface area (Å²) >= 11 is 0. The molecule has 2 heteroatoms. The number of para-hydroxylation sites is 1. The minimum atomic E-state index is 0.0682. The first-order chi connectivity index (χ1) is 8.54. The van der Waals surface area contributed by atoms with Crippen LogP contribution in [0.2, 0.25) is 0 Å². The number of hydrogen-bond donors (Lipinski definition) is 0. The molecule has 18 heavy (non-hydrogen) atoms. The molecular weight excluding hydrogens is 224 g/mol. The third-order valence-electron chi connectivity index (χ3n) is 3.17. The van der Waals surface area contributed by atoms with Crippen LogP contribution in [-0.4, -0.2) is 11.9 Å². The first kappa shape index (κ1) is 14.7. The summed E-state index contributed by atoms with van der Waals surface area (Å²) in [6, 6.07) is 9.81. The fraction of sp³-hybridized carbons (Fsp3) is 0.562. The molecule has 0 unspecified atom stereocenters. The van der Waals surface area contributed by atoms with Crippen molar-refractivity contribution in [2.75, 3.05) is 0 Å². The van der Waals surface area contributed by atoms with E-state index < -0.39 is 0 Å². The van der Waals surface area contributed by atoms with Crippen molar-refractivity contribution in [3.8, 4) is 5.75 Å². The van der Waals surface area contributed by atoms with Crippen molar-refractivity contribution in [2.45, 2.75) is 46.6 Å². The zero-order chi connectivity index (χ0) is 13.5. The van der Waals surface area contributed by atoms with Crippen LogP contribution < -0.4 is 4.74 Å². The fourth-order valence-corrected chi connectivity index (χ4v) is 2.07. The minimum absolute atomic E-state index is 0.0682. The predicted octanol–water partition coefficient (Wildman–Crippen LogP) is 4.10. The maximum atomic E-state index is 11.9. The topological polar surface area (TPSA) is 26.3 Å². The van der Waals surface area contributed by atoms with Crippen LogP contribution >= 0.6 is 0 Å². The highest BCUT2D eigenvalue weighted by Gasteiger charge is 2.21. The first-order valence-electron chi connectivity index (χ1n) is 6.80. The van der Waals surface area contributed by atoms with E-state index in [1.165, 1.54) is 0 Å². The zero-order valence-electron chi connectivity index (χ0n) is 11.8.